The summed E-state index contributed by atoms with van der Waals surface area (Å²) in [4.78, 5) is 34.6. The van der Waals surface area contributed by atoms with Crippen molar-refractivity contribution in [2.45, 2.75) is 19.3 Å². The number of aryl methyl sites for hydroxylation is 1. The van der Waals surface area contributed by atoms with Gasteiger partial charge in [-0.25, -0.2) is 4.79 Å². The molecule has 0 unspecified atom stereocenters. The number of furan rings is 1. The number of carboxylic acid groups (broad SMARTS) is 1. The monoisotopic (exact) mass is 383 g/mol. The van der Waals surface area contributed by atoms with Crippen molar-refractivity contribution < 1.29 is 28.6 Å². The molecule has 3 rings (SSSR count). The molecule has 0 aliphatic heterocycles. The molecule has 0 saturated carbocycles. The van der Waals surface area contributed by atoms with Gasteiger partial charge in [-0.2, -0.15) is 0 Å². The highest BCUT2D eigenvalue weighted by molar-refractivity contribution is 5.89. The van der Waals surface area contributed by atoms with Gasteiger partial charge >= 0.3 is 5.97 Å². The second kappa shape index (κ2) is 7.43. The summed E-state index contributed by atoms with van der Waals surface area (Å²) >= 11 is 0. The van der Waals surface area contributed by atoms with Gasteiger partial charge in [-0.1, -0.05) is 12.1 Å². The average Bonchev–Trinajstić information content (AvgIpc) is 3.12. The summed E-state index contributed by atoms with van der Waals surface area (Å²) in [5.41, 5.74) is 5.28. The molecule has 28 heavy (non-hydrogen) atoms. The maximum atomic E-state index is 11.9. The summed E-state index contributed by atoms with van der Waals surface area (Å²) in [5.74, 6) is -2.58. The van der Waals surface area contributed by atoms with E-state index in [2.05, 4.69) is 0 Å². The molecule has 0 spiro atoms. The van der Waals surface area contributed by atoms with Crippen LogP contribution < -0.4 is 11.2 Å². The minimum atomic E-state index is -1.08. The van der Waals surface area contributed by atoms with E-state index in [1.54, 1.807) is 24.3 Å². The lowest BCUT2D eigenvalue weighted by atomic mass is 9.97. The number of benzene rings is 1. The fraction of sp³-hybridized carbons (Fsp3) is 0.150. The van der Waals surface area contributed by atoms with Crippen LogP contribution in [0.25, 0.3) is 11.3 Å². The van der Waals surface area contributed by atoms with Gasteiger partial charge in [0.25, 0.3) is 0 Å². The number of primary amides is 1. The van der Waals surface area contributed by atoms with Gasteiger partial charge in [0.15, 0.2) is 5.76 Å². The van der Waals surface area contributed by atoms with Crippen LogP contribution in [0.15, 0.2) is 56.1 Å². The standard InChI is InChI=1S/C20H17NO7/c1-10-7-14(22)18(24)19(27-10)13(9-17(21)23)16-6-5-15(28-16)11-3-2-4-12(8-11)20(25)26/h2-8,13,24H,9H2,1H3,(H2,21,23)(H,25,26)/t13-/m0/s1. The van der Waals surface area contributed by atoms with E-state index < -0.39 is 29.0 Å². The maximum Gasteiger partial charge on any atom is 0.335 e. The van der Waals surface area contributed by atoms with Gasteiger partial charge in [0.05, 0.1) is 11.5 Å². The van der Waals surface area contributed by atoms with Crippen molar-refractivity contribution in [3.8, 4) is 17.1 Å². The zero-order valence-corrected chi connectivity index (χ0v) is 14.8. The molecule has 0 radical (unpaired) electrons. The Labute approximate surface area is 158 Å². The molecule has 2 aromatic heterocycles. The van der Waals surface area contributed by atoms with Gasteiger partial charge in [0.1, 0.15) is 17.3 Å². The number of hydrogen-bond acceptors (Lipinski definition) is 6. The van der Waals surface area contributed by atoms with E-state index in [4.69, 9.17) is 19.7 Å². The quantitative estimate of drug-likeness (QED) is 0.593. The van der Waals surface area contributed by atoms with Crippen LogP contribution >= 0.6 is 0 Å². The molecular formula is C20H17NO7. The summed E-state index contributed by atoms with van der Waals surface area (Å²) in [6, 6.07) is 10.4. The molecular weight excluding hydrogens is 366 g/mol. The van der Waals surface area contributed by atoms with Crippen molar-refractivity contribution in [3.63, 3.8) is 0 Å². The first-order chi connectivity index (χ1) is 13.3. The number of hydrogen-bond donors (Lipinski definition) is 3. The average molecular weight is 383 g/mol. The van der Waals surface area contributed by atoms with E-state index in [0.717, 1.165) is 6.07 Å². The highest BCUT2D eigenvalue weighted by Crippen LogP contribution is 2.35. The van der Waals surface area contributed by atoms with Crippen molar-refractivity contribution in [2.24, 2.45) is 5.73 Å². The molecule has 2 heterocycles. The molecule has 0 bridgehead atoms. The van der Waals surface area contributed by atoms with E-state index >= 15 is 0 Å². The first kappa shape index (κ1) is 19.0. The van der Waals surface area contributed by atoms with Crippen molar-refractivity contribution in [3.05, 3.63) is 75.5 Å². The normalized spacial score (nSPS) is 11.9. The van der Waals surface area contributed by atoms with Crippen molar-refractivity contribution in [1.82, 2.24) is 0 Å². The summed E-state index contributed by atoms with van der Waals surface area (Å²) in [6.45, 7) is 1.54. The van der Waals surface area contributed by atoms with Gasteiger partial charge in [-0.05, 0) is 31.2 Å². The molecule has 3 aromatic rings. The summed E-state index contributed by atoms with van der Waals surface area (Å²) in [7, 11) is 0. The Morgan fingerprint density at radius 3 is 2.57 bits per heavy atom. The highest BCUT2D eigenvalue weighted by Gasteiger charge is 2.28. The second-order valence-corrected chi connectivity index (χ2v) is 6.25. The minimum Gasteiger partial charge on any atom is -0.502 e. The molecule has 0 aliphatic carbocycles. The summed E-state index contributed by atoms with van der Waals surface area (Å²) in [6.07, 6.45) is -0.262. The third kappa shape index (κ3) is 3.80. The zero-order valence-electron chi connectivity index (χ0n) is 14.8. The van der Waals surface area contributed by atoms with E-state index in [1.165, 1.54) is 19.1 Å². The molecule has 1 amide bonds. The lowest BCUT2D eigenvalue weighted by Crippen LogP contribution is -2.17. The highest BCUT2D eigenvalue weighted by atomic mass is 16.4. The zero-order chi connectivity index (χ0) is 20.4. The van der Waals surface area contributed by atoms with Gasteiger partial charge in [0, 0.05) is 18.1 Å². The molecule has 8 heteroatoms. The van der Waals surface area contributed by atoms with Gasteiger partial charge in [-0.15, -0.1) is 0 Å². The Hall–Kier alpha value is -3.81. The Balaban J connectivity index is 2.07. The van der Waals surface area contributed by atoms with Crippen molar-refractivity contribution in [1.29, 1.82) is 0 Å². The number of rotatable bonds is 6. The maximum absolute atomic E-state index is 11.9. The van der Waals surface area contributed by atoms with Gasteiger partial charge in [0.2, 0.25) is 17.1 Å². The predicted molar refractivity (Wildman–Crippen MR) is 98.1 cm³/mol. The number of aromatic carboxylic acids is 1. The van der Waals surface area contributed by atoms with E-state index in [0.29, 0.717) is 11.3 Å². The van der Waals surface area contributed by atoms with Crippen LogP contribution in [0.2, 0.25) is 0 Å². The fourth-order valence-electron chi connectivity index (χ4n) is 2.89. The lowest BCUT2D eigenvalue weighted by Gasteiger charge is -2.14. The number of carboxylic acids is 1. The van der Waals surface area contributed by atoms with E-state index in [1.807, 2.05) is 0 Å². The molecule has 0 fully saturated rings. The lowest BCUT2D eigenvalue weighted by molar-refractivity contribution is -0.118. The number of nitrogens with two attached hydrogens (primary N) is 1. The summed E-state index contributed by atoms with van der Waals surface area (Å²) in [5, 5.41) is 19.3. The molecule has 1 aromatic carbocycles. The number of carbonyl (C=O) groups excluding carboxylic acids is 1. The first-order valence-corrected chi connectivity index (χ1v) is 8.31. The molecule has 0 saturated heterocycles. The molecule has 1 atom stereocenters. The summed E-state index contributed by atoms with van der Waals surface area (Å²) < 4.78 is 11.3. The van der Waals surface area contributed by atoms with Gasteiger partial charge in [-0.3, -0.25) is 9.59 Å². The Morgan fingerprint density at radius 2 is 1.89 bits per heavy atom. The topological polar surface area (TPSA) is 144 Å². The first-order valence-electron chi connectivity index (χ1n) is 8.31. The van der Waals surface area contributed by atoms with Crippen LogP contribution in [0, 0.1) is 6.92 Å². The molecule has 0 aliphatic rings. The Morgan fingerprint density at radius 1 is 1.14 bits per heavy atom. The smallest absolute Gasteiger partial charge is 0.335 e. The fourth-order valence-corrected chi connectivity index (χ4v) is 2.89. The van der Waals surface area contributed by atoms with Crippen LogP contribution in [0.1, 0.15) is 40.0 Å². The van der Waals surface area contributed by atoms with Crippen molar-refractivity contribution in [2.75, 3.05) is 0 Å². The second-order valence-electron chi connectivity index (χ2n) is 6.25. The predicted octanol–water partition coefficient (Wildman–Crippen LogP) is 2.62. The van der Waals surface area contributed by atoms with Crippen LogP contribution in [-0.4, -0.2) is 22.1 Å². The number of aromatic hydroxyl groups is 1. The van der Waals surface area contributed by atoms with Crippen LogP contribution in [0.3, 0.4) is 0 Å². The van der Waals surface area contributed by atoms with E-state index in [-0.39, 0.29) is 29.3 Å². The third-order valence-electron chi connectivity index (χ3n) is 4.16. The third-order valence-corrected chi connectivity index (χ3v) is 4.16. The number of carbonyl (C=O) groups is 2. The minimum absolute atomic E-state index is 0.0893. The van der Waals surface area contributed by atoms with Crippen LogP contribution in [0.5, 0.6) is 5.75 Å². The van der Waals surface area contributed by atoms with E-state index in [9.17, 15) is 19.5 Å². The van der Waals surface area contributed by atoms with Crippen molar-refractivity contribution >= 4 is 11.9 Å². The van der Waals surface area contributed by atoms with Crippen LogP contribution in [-0.2, 0) is 4.79 Å². The number of amides is 1. The molecule has 4 N–H and O–H groups in total. The Bertz CT molecular complexity index is 1110. The Kier molecular flexibility index (Phi) is 5.04. The molecule has 8 nitrogen and oxygen atoms in total. The largest absolute Gasteiger partial charge is 0.502 e. The van der Waals surface area contributed by atoms with Gasteiger partial charge < -0.3 is 24.8 Å². The SMILES string of the molecule is Cc1cc(=O)c(O)c([C@@H](CC(N)=O)c2ccc(-c3cccc(C(=O)O)c3)o2)o1. The van der Waals surface area contributed by atoms with Crippen LogP contribution in [0.4, 0.5) is 0 Å². The molecule has 144 valence electrons.